The number of para-hydroxylation sites is 1. The molecule has 3 aromatic carbocycles. The van der Waals surface area contributed by atoms with Gasteiger partial charge in [0.25, 0.3) is 0 Å². The predicted molar refractivity (Wildman–Crippen MR) is 158 cm³/mol. The molecule has 1 N–H and O–H groups in total. The molecule has 2 aliphatic rings. The summed E-state index contributed by atoms with van der Waals surface area (Å²) >= 11 is 6.13. The lowest BCUT2D eigenvalue weighted by molar-refractivity contribution is -0.0592. The van der Waals surface area contributed by atoms with Crippen LogP contribution in [0.2, 0.25) is 5.02 Å². The number of nitriles is 1. The summed E-state index contributed by atoms with van der Waals surface area (Å²) in [6.07, 6.45) is 1.62. The van der Waals surface area contributed by atoms with Crippen LogP contribution in [0.5, 0.6) is 0 Å². The highest BCUT2D eigenvalue weighted by Crippen LogP contribution is 2.33. The summed E-state index contributed by atoms with van der Waals surface area (Å²) < 4.78 is 25.1. The number of rotatable bonds is 7. The van der Waals surface area contributed by atoms with E-state index in [1.165, 1.54) is 6.07 Å². The normalized spacial score (nSPS) is 18.7. The van der Waals surface area contributed by atoms with Crippen LogP contribution >= 0.6 is 11.6 Å². The average molecular weight is 585 g/mol. The van der Waals surface area contributed by atoms with E-state index in [1.807, 2.05) is 24.3 Å². The molecule has 7 rings (SSSR count). The van der Waals surface area contributed by atoms with Crippen LogP contribution in [0.4, 0.5) is 4.39 Å². The van der Waals surface area contributed by atoms with E-state index in [4.69, 9.17) is 26.3 Å². The minimum atomic E-state index is -0.424. The van der Waals surface area contributed by atoms with Gasteiger partial charge in [0.15, 0.2) is 5.82 Å². The van der Waals surface area contributed by atoms with Crippen molar-refractivity contribution in [3.63, 3.8) is 0 Å². The molecule has 5 aromatic rings. The number of nitrogens with zero attached hydrogens (tertiary/aromatic N) is 6. The summed E-state index contributed by atoms with van der Waals surface area (Å²) in [4.78, 5) is 12.2. The number of aromatic nitrogens is 4. The van der Waals surface area contributed by atoms with Gasteiger partial charge in [0.1, 0.15) is 17.2 Å². The van der Waals surface area contributed by atoms with Crippen LogP contribution in [0, 0.1) is 17.1 Å². The van der Waals surface area contributed by atoms with Crippen molar-refractivity contribution in [2.45, 2.75) is 58.2 Å². The summed E-state index contributed by atoms with van der Waals surface area (Å²) in [5.74, 6) is 1.32. The second kappa shape index (κ2) is 10.8. The maximum atomic E-state index is 15.0. The first kappa shape index (κ1) is 27.0. The molecular formula is C32H30ClFN6O2. The number of ether oxygens (including phenoxy) is 1. The Morgan fingerprint density at radius 3 is 2.71 bits per heavy atom. The lowest BCUT2D eigenvalue weighted by Crippen LogP contribution is -2.38. The summed E-state index contributed by atoms with van der Waals surface area (Å²) in [6, 6.07) is 17.1. The van der Waals surface area contributed by atoms with Gasteiger partial charge in [0.2, 0.25) is 0 Å². The Balaban J connectivity index is 1.22. The third-order valence-electron chi connectivity index (χ3n) is 8.65. The number of hydrogen-bond donors (Lipinski definition) is 1. The number of aliphatic hydroxyl groups is 1. The third-order valence-corrected chi connectivity index (χ3v) is 8.89. The van der Waals surface area contributed by atoms with Crippen LogP contribution in [-0.2, 0) is 37.4 Å². The molecule has 2 aromatic heterocycles. The maximum Gasteiger partial charge on any atom is 0.151 e. The van der Waals surface area contributed by atoms with Gasteiger partial charge in [-0.05, 0) is 60.4 Å². The minimum Gasteiger partial charge on any atom is -0.392 e. The van der Waals surface area contributed by atoms with Gasteiger partial charge in [0.05, 0.1) is 60.0 Å². The van der Waals surface area contributed by atoms with Gasteiger partial charge in [-0.15, -0.1) is 0 Å². The zero-order valence-electron chi connectivity index (χ0n) is 23.2. The molecule has 0 bridgehead atoms. The van der Waals surface area contributed by atoms with Gasteiger partial charge in [0, 0.05) is 31.1 Å². The van der Waals surface area contributed by atoms with E-state index < -0.39 is 5.82 Å². The molecule has 2 aliphatic heterocycles. The Bertz CT molecular complexity index is 1870. The van der Waals surface area contributed by atoms with E-state index in [-0.39, 0.29) is 18.8 Å². The second-order valence-corrected chi connectivity index (χ2v) is 11.6. The molecule has 2 atom stereocenters. The Hall–Kier alpha value is -3.81. The maximum absolute atomic E-state index is 15.0. The first-order chi connectivity index (χ1) is 20.4. The zero-order valence-corrected chi connectivity index (χ0v) is 24.0. The van der Waals surface area contributed by atoms with Gasteiger partial charge in [-0.1, -0.05) is 29.8 Å². The zero-order chi connectivity index (χ0) is 29.0. The number of benzene rings is 3. The standard InChI is InChI=1S/C32H30ClFN6O2/c1-19-32-37-30-22(13-21-5-6-24(33)14-23(21)15-35)3-2-4-27(30)39(32)9-8-38(19)17-29-36-31-26(34)11-20(18-41)12-28(31)40(29)16-25-7-10-42-25/h2-6,11-12,14,19,25,41H,7-10,13,16-18H2,1H3/t19-,25-/m0/s1. The second-order valence-electron chi connectivity index (χ2n) is 11.2. The average Bonchev–Trinajstić information content (AvgIpc) is 3.52. The SMILES string of the molecule is C[C@H]1c2nc3c(Cc4ccc(Cl)cc4C#N)cccc3n2CCN1Cc1nc2c(F)cc(CO)cc2n1C[C@@H]1CCO1. The van der Waals surface area contributed by atoms with E-state index >= 15 is 4.39 Å². The Kier molecular flexibility index (Phi) is 6.95. The fourth-order valence-electron chi connectivity index (χ4n) is 6.25. The van der Waals surface area contributed by atoms with Crippen molar-refractivity contribution >= 4 is 33.7 Å². The number of aliphatic hydroxyl groups excluding tert-OH is 1. The van der Waals surface area contributed by atoms with E-state index in [2.05, 4.69) is 39.2 Å². The van der Waals surface area contributed by atoms with Crippen molar-refractivity contribution in [3.05, 3.63) is 93.3 Å². The molecular weight excluding hydrogens is 555 g/mol. The molecule has 0 radical (unpaired) electrons. The van der Waals surface area contributed by atoms with Crippen molar-refractivity contribution in [2.75, 3.05) is 13.2 Å². The molecule has 0 unspecified atom stereocenters. The number of fused-ring (bicyclic) bond motifs is 4. The van der Waals surface area contributed by atoms with Crippen molar-refractivity contribution in [2.24, 2.45) is 0 Å². The molecule has 0 saturated carbocycles. The lowest BCUT2D eigenvalue weighted by Gasteiger charge is -2.34. The number of imidazole rings is 2. The lowest BCUT2D eigenvalue weighted by atomic mass is 9.99. The number of hydrogen-bond acceptors (Lipinski definition) is 6. The summed E-state index contributed by atoms with van der Waals surface area (Å²) in [6.45, 7) is 5.33. The van der Waals surface area contributed by atoms with Gasteiger partial charge in [-0.25, -0.2) is 14.4 Å². The molecule has 4 heterocycles. The molecule has 214 valence electrons. The van der Waals surface area contributed by atoms with Gasteiger partial charge in [-0.3, -0.25) is 4.90 Å². The highest BCUT2D eigenvalue weighted by Gasteiger charge is 2.30. The monoisotopic (exact) mass is 584 g/mol. The Morgan fingerprint density at radius 1 is 1.10 bits per heavy atom. The molecule has 8 nitrogen and oxygen atoms in total. The van der Waals surface area contributed by atoms with Gasteiger partial charge < -0.3 is 19.0 Å². The van der Waals surface area contributed by atoms with Crippen LogP contribution < -0.4 is 0 Å². The molecule has 0 spiro atoms. The van der Waals surface area contributed by atoms with Crippen molar-refractivity contribution in [1.29, 1.82) is 5.26 Å². The molecule has 10 heteroatoms. The number of halogens is 2. The van der Waals surface area contributed by atoms with Crippen molar-refractivity contribution in [3.8, 4) is 6.07 Å². The molecule has 0 aliphatic carbocycles. The van der Waals surface area contributed by atoms with E-state index in [9.17, 15) is 10.4 Å². The topological polar surface area (TPSA) is 92.1 Å². The van der Waals surface area contributed by atoms with Gasteiger partial charge in [-0.2, -0.15) is 5.26 Å². The highest BCUT2D eigenvalue weighted by atomic mass is 35.5. The van der Waals surface area contributed by atoms with Crippen molar-refractivity contribution in [1.82, 2.24) is 24.0 Å². The molecule has 1 fully saturated rings. The van der Waals surface area contributed by atoms with Crippen molar-refractivity contribution < 1.29 is 14.2 Å². The summed E-state index contributed by atoms with van der Waals surface area (Å²) in [7, 11) is 0. The van der Waals surface area contributed by atoms with Crippen LogP contribution in [0.1, 0.15) is 53.3 Å². The summed E-state index contributed by atoms with van der Waals surface area (Å²) in [5, 5.41) is 19.9. The fraction of sp³-hybridized carbons (Fsp3) is 0.344. The Labute approximate surface area is 247 Å². The van der Waals surface area contributed by atoms with Crippen LogP contribution in [-0.4, -0.2) is 48.4 Å². The van der Waals surface area contributed by atoms with E-state index in [0.29, 0.717) is 46.7 Å². The smallest absolute Gasteiger partial charge is 0.151 e. The first-order valence-corrected chi connectivity index (χ1v) is 14.6. The predicted octanol–water partition coefficient (Wildman–Crippen LogP) is 5.50. The molecule has 42 heavy (non-hydrogen) atoms. The largest absolute Gasteiger partial charge is 0.392 e. The third kappa shape index (κ3) is 4.65. The van der Waals surface area contributed by atoms with Crippen LogP contribution in [0.25, 0.3) is 22.1 Å². The summed E-state index contributed by atoms with van der Waals surface area (Å²) in [5.41, 5.74) is 6.10. The van der Waals surface area contributed by atoms with Gasteiger partial charge >= 0.3 is 0 Å². The highest BCUT2D eigenvalue weighted by molar-refractivity contribution is 6.30. The Morgan fingerprint density at radius 2 is 1.95 bits per heavy atom. The van der Waals surface area contributed by atoms with E-state index in [1.54, 1.807) is 6.07 Å². The quantitative estimate of drug-likeness (QED) is 0.272. The van der Waals surface area contributed by atoms with Crippen LogP contribution in [0.15, 0.2) is 48.5 Å². The van der Waals surface area contributed by atoms with E-state index in [0.717, 1.165) is 59.9 Å². The minimum absolute atomic E-state index is 0.00438. The fourth-order valence-corrected chi connectivity index (χ4v) is 6.42. The first-order valence-electron chi connectivity index (χ1n) is 14.2. The molecule has 1 saturated heterocycles. The molecule has 0 amide bonds. The van der Waals surface area contributed by atoms with Crippen LogP contribution in [0.3, 0.4) is 0 Å².